The molecular weight excluding hydrogens is 336 g/mol. The number of hydrogen-bond acceptors (Lipinski definition) is 5. The molecule has 0 aromatic carbocycles. The first-order valence-corrected chi connectivity index (χ1v) is 8.41. The lowest BCUT2D eigenvalue weighted by molar-refractivity contribution is -0.140. The average Bonchev–Trinajstić information content (AvgIpc) is 2.55. The van der Waals surface area contributed by atoms with Crippen LogP contribution in [-0.4, -0.2) is 44.1 Å². The van der Waals surface area contributed by atoms with Crippen LogP contribution in [0.25, 0.3) is 0 Å². The number of carbonyl (C=O) groups excluding carboxylic acids is 1. The van der Waals surface area contributed by atoms with Crippen LogP contribution in [0.3, 0.4) is 0 Å². The molecule has 1 aliphatic heterocycles. The summed E-state index contributed by atoms with van der Waals surface area (Å²) in [4.78, 5) is 42.0. The molecule has 138 valence electrons. The van der Waals surface area contributed by atoms with E-state index < -0.39 is 0 Å². The average molecular weight is 358 g/mol. The van der Waals surface area contributed by atoms with E-state index >= 15 is 0 Å². The fourth-order valence-electron chi connectivity index (χ4n) is 2.75. The van der Waals surface area contributed by atoms with E-state index in [4.69, 9.17) is 4.74 Å². The van der Waals surface area contributed by atoms with E-state index in [0.717, 1.165) is 5.69 Å². The minimum absolute atomic E-state index is 0.0370. The van der Waals surface area contributed by atoms with E-state index in [9.17, 15) is 14.4 Å². The molecule has 1 aliphatic rings. The van der Waals surface area contributed by atoms with E-state index in [1.807, 2.05) is 6.92 Å². The van der Waals surface area contributed by atoms with Gasteiger partial charge in [-0.25, -0.2) is 4.98 Å². The summed E-state index contributed by atoms with van der Waals surface area (Å²) < 4.78 is 8.63. The Kier molecular flexibility index (Phi) is 4.67. The van der Waals surface area contributed by atoms with Crippen LogP contribution in [-0.2, 0) is 18.4 Å². The Balaban J connectivity index is 1.58. The molecule has 0 atom stereocenters. The Morgan fingerprint density at radius 3 is 2.58 bits per heavy atom. The lowest BCUT2D eigenvalue weighted by Crippen LogP contribution is -2.57. The van der Waals surface area contributed by atoms with Gasteiger partial charge < -0.3 is 14.2 Å². The smallest absolute Gasteiger partial charge is 0.256 e. The third-order valence-electron chi connectivity index (χ3n) is 4.80. The fraction of sp³-hybridized carbons (Fsp3) is 0.444. The second-order valence-corrected chi connectivity index (χ2v) is 6.66. The second-order valence-electron chi connectivity index (χ2n) is 6.66. The van der Waals surface area contributed by atoms with Crippen LogP contribution in [0.5, 0.6) is 5.75 Å². The number of amides is 1. The first-order valence-electron chi connectivity index (χ1n) is 8.41. The molecule has 1 saturated heterocycles. The number of ether oxygens (including phenoxy) is 1. The van der Waals surface area contributed by atoms with Crippen molar-refractivity contribution in [3.05, 3.63) is 56.1 Å². The van der Waals surface area contributed by atoms with E-state index in [2.05, 4.69) is 4.98 Å². The number of carbonyl (C=O) groups is 1. The molecule has 2 aromatic rings. The van der Waals surface area contributed by atoms with Gasteiger partial charge in [0.25, 0.3) is 11.1 Å². The van der Waals surface area contributed by atoms with Crippen molar-refractivity contribution in [1.82, 2.24) is 19.0 Å². The molecule has 0 saturated carbocycles. The molecule has 0 unspecified atom stereocenters. The highest BCUT2D eigenvalue weighted by Gasteiger charge is 2.32. The van der Waals surface area contributed by atoms with Crippen LogP contribution in [0.2, 0.25) is 0 Å². The van der Waals surface area contributed by atoms with Crippen molar-refractivity contribution in [3.63, 3.8) is 0 Å². The summed E-state index contributed by atoms with van der Waals surface area (Å²) in [6.07, 6.45) is 1.25. The van der Waals surface area contributed by atoms with E-state index in [0.29, 0.717) is 30.1 Å². The van der Waals surface area contributed by atoms with Crippen molar-refractivity contribution in [2.45, 2.75) is 33.4 Å². The molecule has 1 amide bonds. The zero-order valence-electron chi connectivity index (χ0n) is 15.4. The van der Waals surface area contributed by atoms with Crippen LogP contribution in [0.1, 0.15) is 17.0 Å². The first-order chi connectivity index (χ1) is 12.3. The molecule has 0 N–H and O–H groups in total. The monoisotopic (exact) mass is 358 g/mol. The number of likely N-dealkylation sites (tertiary alicyclic amines) is 1. The van der Waals surface area contributed by atoms with Gasteiger partial charge in [-0.2, -0.15) is 0 Å². The van der Waals surface area contributed by atoms with E-state index in [1.54, 1.807) is 36.4 Å². The molecular formula is C18H22N4O4. The van der Waals surface area contributed by atoms with Gasteiger partial charge in [0, 0.05) is 30.1 Å². The number of nitrogens with zero attached hydrogens (tertiary/aromatic N) is 4. The molecule has 0 bridgehead atoms. The number of aryl methyl sites for hydroxylation is 2. The number of rotatable bonds is 4. The lowest BCUT2D eigenvalue weighted by Gasteiger charge is -2.39. The van der Waals surface area contributed by atoms with Crippen molar-refractivity contribution >= 4 is 5.91 Å². The van der Waals surface area contributed by atoms with Gasteiger partial charge in [0.1, 0.15) is 18.4 Å². The Hall–Kier alpha value is -2.90. The van der Waals surface area contributed by atoms with Gasteiger partial charge in [0.2, 0.25) is 5.91 Å². The molecule has 3 heterocycles. The molecule has 26 heavy (non-hydrogen) atoms. The summed E-state index contributed by atoms with van der Waals surface area (Å²) in [5, 5.41) is 0. The Labute approximate surface area is 150 Å². The summed E-state index contributed by atoms with van der Waals surface area (Å²) in [5.74, 6) is 0.356. The molecule has 2 aromatic heterocycles. The number of pyridine rings is 1. The van der Waals surface area contributed by atoms with Gasteiger partial charge in [-0.3, -0.25) is 19.0 Å². The Morgan fingerprint density at radius 2 is 1.92 bits per heavy atom. The predicted octanol–water partition coefficient (Wildman–Crippen LogP) is 0.157. The van der Waals surface area contributed by atoms with Gasteiger partial charge in [-0.15, -0.1) is 0 Å². The third-order valence-corrected chi connectivity index (χ3v) is 4.80. The SMILES string of the molecule is Cc1ncn(CC(=O)N2CC(Oc3cc(C)n(C)c(=O)c3)C2)c(=O)c1C. The maximum atomic E-state index is 12.3. The maximum absolute atomic E-state index is 12.3. The minimum atomic E-state index is -0.199. The first kappa shape index (κ1) is 17.9. The fourth-order valence-corrected chi connectivity index (χ4v) is 2.75. The van der Waals surface area contributed by atoms with Gasteiger partial charge in [0.15, 0.2) is 0 Å². The highest BCUT2D eigenvalue weighted by atomic mass is 16.5. The summed E-state index contributed by atoms with van der Waals surface area (Å²) in [6.45, 7) is 6.12. The zero-order chi connectivity index (χ0) is 19.0. The lowest BCUT2D eigenvalue weighted by atomic mass is 10.1. The van der Waals surface area contributed by atoms with Gasteiger partial charge >= 0.3 is 0 Å². The molecule has 8 nitrogen and oxygen atoms in total. The maximum Gasteiger partial charge on any atom is 0.256 e. The molecule has 0 spiro atoms. The standard InChI is InChI=1S/C18H22N4O4/c1-11-5-14(6-16(23)20(11)4)26-15-7-21(8-15)17(24)9-22-10-19-13(3)12(2)18(22)25/h5-6,10,15H,7-9H2,1-4H3. The molecule has 3 rings (SSSR count). The van der Waals surface area contributed by atoms with Crippen molar-refractivity contribution in [1.29, 1.82) is 0 Å². The highest BCUT2D eigenvalue weighted by Crippen LogP contribution is 2.18. The highest BCUT2D eigenvalue weighted by molar-refractivity contribution is 5.77. The van der Waals surface area contributed by atoms with E-state index in [-0.39, 0.29) is 29.7 Å². The number of hydrogen-bond donors (Lipinski definition) is 0. The van der Waals surface area contributed by atoms with Gasteiger partial charge in [-0.05, 0) is 26.8 Å². The van der Waals surface area contributed by atoms with Gasteiger partial charge in [-0.1, -0.05) is 0 Å². The second kappa shape index (κ2) is 6.78. The quantitative estimate of drug-likeness (QED) is 0.777. The normalized spacial score (nSPS) is 14.2. The number of aromatic nitrogens is 3. The van der Waals surface area contributed by atoms with Crippen LogP contribution in [0, 0.1) is 20.8 Å². The molecule has 0 aliphatic carbocycles. The third kappa shape index (κ3) is 3.40. The van der Waals surface area contributed by atoms with Crippen molar-refractivity contribution in [2.24, 2.45) is 7.05 Å². The summed E-state index contributed by atoms with van der Waals surface area (Å²) in [6, 6.07) is 3.24. The summed E-state index contributed by atoms with van der Waals surface area (Å²) in [7, 11) is 1.70. The summed E-state index contributed by atoms with van der Waals surface area (Å²) >= 11 is 0. The minimum Gasteiger partial charge on any atom is -0.486 e. The van der Waals surface area contributed by atoms with Crippen molar-refractivity contribution in [3.8, 4) is 5.75 Å². The topological polar surface area (TPSA) is 86.4 Å². The van der Waals surface area contributed by atoms with Crippen molar-refractivity contribution < 1.29 is 9.53 Å². The molecule has 8 heteroatoms. The Morgan fingerprint density at radius 1 is 1.23 bits per heavy atom. The van der Waals surface area contributed by atoms with E-state index in [1.165, 1.54) is 17.0 Å². The van der Waals surface area contributed by atoms with Crippen LogP contribution < -0.4 is 15.9 Å². The molecule has 1 fully saturated rings. The van der Waals surface area contributed by atoms with Crippen LogP contribution in [0.4, 0.5) is 0 Å². The predicted molar refractivity (Wildman–Crippen MR) is 95.4 cm³/mol. The van der Waals surface area contributed by atoms with Gasteiger partial charge in [0.05, 0.1) is 19.4 Å². The van der Waals surface area contributed by atoms with Crippen LogP contribution >= 0.6 is 0 Å². The van der Waals surface area contributed by atoms with Crippen LogP contribution in [0.15, 0.2) is 28.0 Å². The largest absolute Gasteiger partial charge is 0.486 e. The summed E-state index contributed by atoms with van der Waals surface area (Å²) in [5.41, 5.74) is 1.69. The van der Waals surface area contributed by atoms with Crippen molar-refractivity contribution in [2.75, 3.05) is 13.1 Å². The Bertz CT molecular complexity index is 970. The molecule has 0 radical (unpaired) electrons. The zero-order valence-corrected chi connectivity index (χ0v) is 15.4.